The van der Waals surface area contributed by atoms with Gasteiger partial charge in [0.2, 0.25) is 0 Å². The Morgan fingerprint density at radius 1 is 1.12 bits per heavy atom. The minimum Gasteiger partial charge on any atom is -0.317 e. The molecule has 0 bridgehead atoms. The summed E-state index contributed by atoms with van der Waals surface area (Å²) in [6, 6.07) is 0. The van der Waals surface area contributed by atoms with Crippen LogP contribution in [0.2, 0.25) is 0 Å². The molecule has 1 N–H and O–H groups in total. The molecular weight excluding hydrogens is 200 g/mol. The number of nitrogens with zero attached hydrogens (tertiary/aromatic N) is 3. The molecule has 0 aliphatic carbocycles. The Morgan fingerprint density at radius 3 is 2.06 bits per heavy atom. The van der Waals surface area contributed by atoms with Crippen molar-refractivity contribution in [3.8, 4) is 0 Å². The van der Waals surface area contributed by atoms with E-state index in [1.54, 1.807) is 0 Å². The second-order valence-electron chi connectivity index (χ2n) is 4.42. The van der Waals surface area contributed by atoms with Crippen LogP contribution < -0.4 is 5.32 Å². The molecule has 0 aromatic carbocycles. The van der Waals surface area contributed by atoms with Gasteiger partial charge in [-0.25, -0.2) is 0 Å². The molecule has 1 rings (SSSR count). The van der Waals surface area contributed by atoms with Crippen LogP contribution in [0.5, 0.6) is 0 Å². The van der Waals surface area contributed by atoms with Crippen molar-refractivity contribution in [1.29, 1.82) is 0 Å². The highest BCUT2D eigenvalue weighted by Gasteiger charge is 2.23. The van der Waals surface area contributed by atoms with Crippen molar-refractivity contribution in [1.82, 2.24) is 20.1 Å². The molecule has 0 aliphatic rings. The van der Waals surface area contributed by atoms with Crippen LogP contribution in [0.1, 0.15) is 51.7 Å². The summed E-state index contributed by atoms with van der Waals surface area (Å²) < 4.78 is 2.04. The van der Waals surface area contributed by atoms with Crippen LogP contribution in [-0.2, 0) is 13.6 Å². The molecule has 0 spiro atoms. The lowest BCUT2D eigenvalue weighted by Crippen LogP contribution is -2.43. The summed E-state index contributed by atoms with van der Waals surface area (Å²) in [5.41, 5.74) is 0.250. The zero-order chi connectivity index (χ0) is 12.2. The molecule has 4 nitrogen and oxygen atoms in total. The fourth-order valence-electron chi connectivity index (χ4n) is 2.00. The molecule has 0 saturated heterocycles. The predicted molar refractivity (Wildman–Crippen MR) is 66.2 cm³/mol. The molecule has 92 valence electrons. The number of hydrogen-bond acceptors (Lipinski definition) is 3. The van der Waals surface area contributed by atoms with Gasteiger partial charge in [0.25, 0.3) is 0 Å². The van der Waals surface area contributed by atoms with Crippen molar-refractivity contribution < 1.29 is 0 Å². The molecule has 4 heteroatoms. The fraction of sp³-hybridized carbons (Fsp3) is 0.833. The monoisotopic (exact) mass is 224 g/mol. The van der Waals surface area contributed by atoms with Crippen molar-refractivity contribution in [2.24, 2.45) is 7.05 Å². The van der Waals surface area contributed by atoms with Gasteiger partial charge in [-0.2, -0.15) is 0 Å². The molecule has 1 heterocycles. The van der Waals surface area contributed by atoms with Gasteiger partial charge >= 0.3 is 0 Å². The van der Waals surface area contributed by atoms with Gasteiger partial charge in [0, 0.05) is 12.6 Å². The first-order valence-electron chi connectivity index (χ1n) is 6.18. The van der Waals surface area contributed by atoms with E-state index in [-0.39, 0.29) is 5.54 Å². The number of aryl methyl sites for hydroxylation is 1. The summed E-state index contributed by atoms with van der Waals surface area (Å²) in [6.45, 7) is 9.49. The second kappa shape index (κ2) is 5.43. The van der Waals surface area contributed by atoms with E-state index >= 15 is 0 Å². The molecule has 0 aliphatic heterocycles. The molecule has 0 amide bonds. The average Bonchev–Trinajstić information content (AvgIpc) is 2.63. The molecule has 0 saturated carbocycles. The predicted octanol–water partition coefficient (Wildman–Crippen LogP) is 2.18. The van der Waals surface area contributed by atoms with E-state index in [2.05, 4.69) is 36.3 Å². The third-order valence-electron chi connectivity index (χ3n) is 3.83. The van der Waals surface area contributed by atoms with Gasteiger partial charge in [-0.15, -0.1) is 10.2 Å². The molecule has 1 aromatic rings. The van der Waals surface area contributed by atoms with Gasteiger partial charge in [0.05, 0.1) is 6.54 Å². The van der Waals surface area contributed by atoms with E-state index < -0.39 is 0 Å². The topological polar surface area (TPSA) is 42.7 Å². The van der Waals surface area contributed by atoms with Crippen LogP contribution in [0.4, 0.5) is 0 Å². The Kier molecular flexibility index (Phi) is 4.47. The molecule has 0 radical (unpaired) electrons. The normalized spacial score (nSPS) is 12.1. The second-order valence-corrected chi connectivity index (χ2v) is 4.42. The highest BCUT2D eigenvalue weighted by atomic mass is 15.3. The standard InChI is InChI=1S/C12H24N4/c1-6-12(7-2,8-3)13-9-11-15-14-10(4)16(11)5/h13H,6-9H2,1-5H3. The SMILES string of the molecule is CCC(CC)(CC)NCc1nnc(C)n1C. The third-order valence-corrected chi connectivity index (χ3v) is 3.83. The third kappa shape index (κ3) is 2.61. The maximum absolute atomic E-state index is 4.17. The largest absolute Gasteiger partial charge is 0.317 e. The van der Waals surface area contributed by atoms with Crippen LogP contribution in [-0.4, -0.2) is 20.3 Å². The minimum atomic E-state index is 0.250. The lowest BCUT2D eigenvalue weighted by atomic mass is 9.90. The van der Waals surface area contributed by atoms with Crippen LogP contribution in [0, 0.1) is 6.92 Å². The zero-order valence-corrected chi connectivity index (χ0v) is 11.2. The van der Waals surface area contributed by atoms with Gasteiger partial charge in [-0.1, -0.05) is 20.8 Å². The van der Waals surface area contributed by atoms with Gasteiger partial charge < -0.3 is 9.88 Å². The van der Waals surface area contributed by atoms with E-state index in [0.717, 1.165) is 37.5 Å². The van der Waals surface area contributed by atoms with E-state index in [1.165, 1.54) is 0 Å². The summed E-state index contributed by atoms with van der Waals surface area (Å²) in [5, 5.41) is 11.9. The Hall–Kier alpha value is -0.900. The van der Waals surface area contributed by atoms with Crippen molar-refractivity contribution in [3.63, 3.8) is 0 Å². The smallest absolute Gasteiger partial charge is 0.146 e. The highest BCUT2D eigenvalue weighted by Crippen LogP contribution is 2.19. The summed E-state index contributed by atoms with van der Waals surface area (Å²) >= 11 is 0. The summed E-state index contributed by atoms with van der Waals surface area (Å²) in [6.07, 6.45) is 3.45. The van der Waals surface area contributed by atoms with E-state index in [4.69, 9.17) is 0 Å². The van der Waals surface area contributed by atoms with E-state index in [0.29, 0.717) is 0 Å². The van der Waals surface area contributed by atoms with E-state index in [1.807, 2.05) is 18.5 Å². The lowest BCUT2D eigenvalue weighted by molar-refractivity contribution is 0.284. The summed E-state index contributed by atoms with van der Waals surface area (Å²) in [4.78, 5) is 0. The van der Waals surface area contributed by atoms with Crippen LogP contribution in [0.3, 0.4) is 0 Å². The Labute approximate surface area is 98.5 Å². The van der Waals surface area contributed by atoms with Gasteiger partial charge in [0.1, 0.15) is 11.6 Å². The van der Waals surface area contributed by atoms with Crippen LogP contribution in [0.15, 0.2) is 0 Å². The molecule has 0 atom stereocenters. The van der Waals surface area contributed by atoms with Crippen molar-refractivity contribution >= 4 is 0 Å². The number of aromatic nitrogens is 3. The first kappa shape index (κ1) is 13.2. The van der Waals surface area contributed by atoms with Crippen LogP contribution >= 0.6 is 0 Å². The van der Waals surface area contributed by atoms with Gasteiger partial charge in [0.15, 0.2) is 0 Å². The zero-order valence-electron chi connectivity index (χ0n) is 11.2. The summed E-state index contributed by atoms with van der Waals surface area (Å²) in [5.74, 6) is 1.98. The van der Waals surface area contributed by atoms with E-state index in [9.17, 15) is 0 Å². The number of nitrogens with one attached hydrogen (secondary N) is 1. The first-order chi connectivity index (χ1) is 7.58. The number of rotatable bonds is 6. The summed E-state index contributed by atoms with van der Waals surface area (Å²) in [7, 11) is 2.01. The van der Waals surface area contributed by atoms with Gasteiger partial charge in [-0.3, -0.25) is 0 Å². The van der Waals surface area contributed by atoms with Gasteiger partial charge in [-0.05, 0) is 26.2 Å². The first-order valence-corrected chi connectivity index (χ1v) is 6.18. The fourth-order valence-corrected chi connectivity index (χ4v) is 2.00. The Bertz CT molecular complexity index is 317. The maximum atomic E-state index is 4.17. The Morgan fingerprint density at radius 2 is 1.69 bits per heavy atom. The van der Waals surface area contributed by atoms with Crippen molar-refractivity contribution in [3.05, 3.63) is 11.6 Å². The number of hydrogen-bond donors (Lipinski definition) is 1. The average molecular weight is 224 g/mol. The molecule has 16 heavy (non-hydrogen) atoms. The van der Waals surface area contributed by atoms with Crippen molar-refractivity contribution in [2.45, 2.75) is 59.0 Å². The highest BCUT2D eigenvalue weighted by molar-refractivity contribution is 4.94. The quantitative estimate of drug-likeness (QED) is 0.805. The Balaban J connectivity index is 2.66. The maximum Gasteiger partial charge on any atom is 0.146 e. The van der Waals surface area contributed by atoms with Crippen molar-refractivity contribution in [2.75, 3.05) is 0 Å². The molecule has 0 fully saturated rings. The molecule has 0 unspecified atom stereocenters. The van der Waals surface area contributed by atoms with Crippen LogP contribution in [0.25, 0.3) is 0 Å². The minimum absolute atomic E-state index is 0.250. The molecule has 1 aromatic heterocycles. The lowest BCUT2D eigenvalue weighted by Gasteiger charge is -2.31. The molecular formula is C12H24N4.